The normalized spacial score (nSPS) is 10.0. The Hall–Kier alpha value is -2.32. The topological polar surface area (TPSA) is 73.3 Å². The number of benzene rings is 1. The minimum Gasteiger partial charge on any atom is -0.456 e. The molecule has 1 amide bonds. The Morgan fingerprint density at radius 3 is 2.75 bits per heavy atom. The molecule has 0 aliphatic carbocycles. The van der Waals surface area contributed by atoms with E-state index in [0.29, 0.717) is 11.3 Å². The van der Waals surface area contributed by atoms with Gasteiger partial charge in [-0.2, -0.15) is 0 Å². The molecule has 80 valence electrons. The van der Waals surface area contributed by atoms with Gasteiger partial charge in [0.1, 0.15) is 17.3 Å². The Kier molecular flexibility index (Phi) is 2.58. The second kappa shape index (κ2) is 4.04. The molecule has 2 aromatic rings. The molecule has 0 aliphatic heterocycles. The maximum absolute atomic E-state index is 10.7. The molecule has 2 N–H and O–H groups in total. The zero-order chi connectivity index (χ0) is 11.5. The first-order valence-corrected chi connectivity index (χ1v) is 4.72. The van der Waals surface area contributed by atoms with Crippen molar-refractivity contribution in [3.8, 4) is 0 Å². The van der Waals surface area contributed by atoms with Crippen LogP contribution in [0.25, 0.3) is 16.5 Å². The number of hydrogen-bond donors (Lipinski definition) is 1. The summed E-state index contributed by atoms with van der Waals surface area (Å²) in [5.41, 5.74) is 5.82. The molecule has 4 nitrogen and oxygen atoms in total. The number of hydrogen-bond acceptors (Lipinski definition) is 3. The Morgan fingerprint density at radius 1 is 1.38 bits per heavy atom. The van der Waals surface area contributed by atoms with Crippen LogP contribution in [-0.2, 0) is 9.59 Å². The van der Waals surface area contributed by atoms with Crippen LogP contribution in [0.15, 0.2) is 34.7 Å². The molecule has 2 rings (SSSR count). The lowest BCUT2D eigenvalue weighted by Crippen LogP contribution is -2.10. The number of para-hydroxylation sites is 1. The van der Waals surface area contributed by atoms with Crippen LogP contribution < -0.4 is 5.73 Å². The third-order valence-electron chi connectivity index (χ3n) is 2.20. The first kappa shape index (κ1) is 10.2. The molecular weight excluding hydrogens is 206 g/mol. The summed E-state index contributed by atoms with van der Waals surface area (Å²) in [5.74, 6) is 1.44. The fraction of sp³-hybridized carbons (Fsp3) is 0.0833. The van der Waals surface area contributed by atoms with Crippen LogP contribution >= 0.6 is 0 Å². The molecule has 0 saturated heterocycles. The average Bonchev–Trinajstić information content (AvgIpc) is 2.68. The summed E-state index contributed by atoms with van der Waals surface area (Å²) in [6, 6.07) is 9.02. The second-order valence-corrected chi connectivity index (χ2v) is 3.37. The highest BCUT2D eigenvalue weighted by Crippen LogP contribution is 2.24. The van der Waals surface area contributed by atoms with Crippen LogP contribution in [0.3, 0.4) is 0 Å². The molecule has 0 atom stereocenters. The van der Waals surface area contributed by atoms with E-state index in [2.05, 4.69) is 0 Å². The summed E-state index contributed by atoms with van der Waals surface area (Å²) < 4.78 is 5.41. The lowest BCUT2D eigenvalue weighted by molar-refractivity contribution is -0.117. The lowest BCUT2D eigenvalue weighted by Gasteiger charge is -1.94. The van der Waals surface area contributed by atoms with Gasteiger partial charge in [-0.1, -0.05) is 18.2 Å². The van der Waals surface area contributed by atoms with E-state index in [9.17, 15) is 9.59 Å². The van der Waals surface area contributed by atoms with E-state index in [-0.39, 0.29) is 12.0 Å². The molecule has 0 unspecified atom stereocenters. The fourth-order valence-corrected chi connectivity index (χ4v) is 1.48. The molecule has 1 heterocycles. The van der Waals surface area contributed by atoms with Gasteiger partial charge in [-0.05, 0) is 12.1 Å². The molecule has 0 radical (unpaired) electrons. The molecular formula is C12H9NO3. The summed E-state index contributed by atoms with van der Waals surface area (Å²) in [6.45, 7) is 0. The molecule has 4 heteroatoms. The van der Waals surface area contributed by atoms with E-state index in [0.717, 1.165) is 5.39 Å². The van der Waals surface area contributed by atoms with E-state index < -0.39 is 5.91 Å². The second-order valence-electron chi connectivity index (χ2n) is 3.37. The van der Waals surface area contributed by atoms with Gasteiger partial charge in [-0.15, -0.1) is 0 Å². The third kappa shape index (κ3) is 1.87. The molecule has 0 aliphatic rings. The first-order valence-electron chi connectivity index (χ1n) is 4.72. The van der Waals surface area contributed by atoms with Gasteiger partial charge in [-0.25, -0.2) is 4.79 Å². The van der Waals surface area contributed by atoms with Gasteiger partial charge in [0, 0.05) is 5.39 Å². The molecule has 1 aromatic heterocycles. The van der Waals surface area contributed by atoms with Gasteiger partial charge in [0.2, 0.25) is 5.91 Å². The molecule has 1 aromatic carbocycles. The number of rotatable bonds is 3. The number of primary amides is 1. The molecule has 0 saturated carbocycles. The summed E-state index contributed by atoms with van der Waals surface area (Å²) >= 11 is 0. The van der Waals surface area contributed by atoms with Crippen LogP contribution in [0.5, 0.6) is 0 Å². The molecule has 16 heavy (non-hydrogen) atoms. The zero-order valence-corrected chi connectivity index (χ0v) is 8.40. The van der Waals surface area contributed by atoms with Crippen molar-refractivity contribution >= 4 is 28.4 Å². The van der Waals surface area contributed by atoms with Crippen LogP contribution in [0, 0.1) is 0 Å². The van der Waals surface area contributed by atoms with Gasteiger partial charge in [-0.3, -0.25) is 4.79 Å². The SMILES string of the molecule is NC(=O)CC(=C=O)c1cc2ccccc2o1. The highest BCUT2D eigenvalue weighted by molar-refractivity contribution is 5.98. The maximum atomic E-state index is 10.7. The van der Waals surface area contributed by atoms with Crippen LogP contribution in [0.4, 0.5) is 0 Å². The zero-order valence-electron chi connectivity index (χ0n) is 8.40. The maximum Gasteiger partial charge on any atom is 0.222 e. The van der Waals surface area contributed by atoms with Gasteiger partial charge < -0.3 is 10.2 Å². The number of carbonyl (C=O) groups excluding carboxylic acids is 2. The van der Waals surface area contributed by atoms with Crippen molar-refractivity contribution in [2.24, 2.45) is 5.73 Å². The Labute approximate surface area is 91.3 Å². The van der Waals surface area contributed by atoms with Crippen molar-refractivity contribution < 1.29 is 14.0 Å². The number of carbonyl (C=O) groups is 1. The Balaban J connectivity index is 2.46. The quantitative estimate of drug-likeness (QED) is 0.789. The predicted octanol–water partition coefficient (Wildman–Crippen LogP) is 1.52. The van der Waals surface area contributed by atoms with Crippen LogP contribution in [-0.4, -0.2) is 11.8 Å². The minimum atomic E-state index is -0.584. The van der Waals surface area contributed by atoms with Crippen molar-refractivity contribution in [2.75, 3.05) is 0 Å². The largest absolute Gasteiger partial charge is 0.456 e. The molecule has 0 bridgehead atoms. The van der Waals surface area contributed by atoms with E-state index in [4.69, 9.17) is 10.2 Å². The van der Waals surface area contributed by atoms with Crippen molar-refractivity contribution in [3.05, 3.63) is 36.1 Å². The Morgan fingerprint density at radius 2 is 2.12 bits per heavy atom. The third-order valence-corrected chi connectivity index (χ3v) is 2.20. The van der Waals surface area contributed by atoms with E-state index in [1.807, 2.05) is 18.2 Å². The summed E-state index contributed by atoms with van der Waals surface area (Å²) in [4.78, 5) is 21.4. The van der Waals surface area contributed by atoms with Crippen molar-refractivity contribution in [1.82, 2.24) is 0 Å². The highest BCUT2D eigenvalue weighted by Gasteiger charge is 2.11. The van der Waals surface area contributed by atoms with Gasteiger partial charge in [0.05, 0.1) is 12.0 Å². The smallest absolute Gasteiger partial charge is 0.222 e. The van der Waals surface area contributed by atoms with Gasteiger partial charge in [0.25, 0.3) is 0 Å². The van der Waals surface area contributed by atoms with E-state index in [1.54, 1.807) is 18.1 Å². The summed E-state index contributed by atoms with van der Waals surface area (Å²) in [6.07, 6.45) is -0.163. The average molecular weight is 215 g/mol. The number of fused-ring (bicyclic) bond motifs is 1. The molecule has 0 fully saturated rings. The lowest BCUT2D eigenvalue weighted by atomic mass is 10.1. The van der Waals surface area contributed by atoms with Gasteiger partial charge in [0.15, 0.2) is 0 Å². The van der Waals surface area contributed by atoms with Crippen LogP contribution in [0.1, 0.15) is 12.2 Å². The van der Waals surface area contributed by atoms with Crippen LogP contribution in [0.2, 0.25) is 0 Å². The van der Waals surface area contributed by atoms with Crippen molar-refractivity contribution in [1.29, 1.82) is 0 Å². The number of amides is 1. The van der Waals surface area contributed by atoms with Crippen molar-refractivity contribution in [3.63, 3.8) is 0 Å². The Bertz CT molecular complexity index is 558. The van der Waals surface area contributed by atoms with E-state index in [1.165, 1.54) is 0 Å². The van der Waals surface area contributed by atoms with Crippen molar-refractivity contribution in [2.45, 2.75) is 6.42 Å². The summed E-state index contributed by atoms with van der Waals surface area (Å²) in [7, 11) is 0. The summed E-state index contributed by atoms with van der Waals surface area (Å²) in [5, 5.41) is 0.870. The first-order chi connectivity index (χ1) is 7.70. The minimum absolute atomic E-state index is 0.142. The van der Waals surface area contributed by atoms with E-state index >= 15 is 0 Å². The fourth-order valence-electron chi connectivity index (χ4n) is 1.48. The molecule has 0 spiro atoms. The highest BCUT2D eigenvalue weighted by atomic mass is 16.3. The van der Waals surface area contributed by atoms with Gasteiger partial charge >= 0.3 is 0 Å². The number of nitrogens with two attached hydrogens (primary N) is 1. The standard InChI is InChI=1S/C12H9NO3/c13-12(15)6-9(7-14)11-5-8-3-1-2-4-10(8)16-11/h1-5H,6H2,(H2,13,15). The predicted molar refractivity (Wildman–Crippen MR) is 59.1 cm³/mol. The number of furan rings is 1. The monoisotopic (exact) mass is 215 g/mol.